The van der Waals surface area contributed by atoms with Crippen molar-refractivity contribution in [1.29, 1.82) is 0 Å². The summed E-state index contributed by atoms with van der Waals surface area (Å²) >= 11 is 0. The van der Waals surface area contributed by atoms with Crippen LogP contribution in [0.15, 0.2) is 53.5 Å². The van der Waals surface area contributed by atoms with Crippen LogP contribution in [0.1, 0.15) is 58.1 Å². The summed E-state index contributed by atoms with van der Waals surface area (Å²) in [6, 6.07) is 16.4. The Labute approximate surface area is 207 Å². The lowest BCUT2D eigenvalue weighted by Crippen LogP contribution is -2.49. The molecule has 2 saturated heterocycles. The molecule has 6 nitrogen and oxygen atoms in total. The Balaban J connectivity index is 1.18. The van der Waals surface area contributed by atoms with Crippen LogP contribution in [-0.2, 0) is 27.1 Å². The molecule has 1 saturated carbocycles. The summed E-state index contributed by atoms with van der Waals surface area (Å²) in [6.45, 7) is 8.58. The summed E-state index contributed by atoms with van der Waals surface area (Å²) in [6.07, 6.45) is 3.77. The predicted octanol–water partition coefficient (Wildman–Crippen LogP) is 4.80. The molecule has 2 aromatic rings. The minimum atomic E-state index is -0.388. The molecule has 6 rings (SSSR count). The van der Waals surface area contributed by atoms with Crippen LogP contribution in [0.25, 0.3) is 0 Å². The average Bonchev–Trinajstić information content (AvgIpc) is 3.59. The third-order valence-corrected chi connectivity index (χ3v) is 8.61. The topological polar surface area (TPSA) is 60.4 Å². The predicted molar refractivity (Wildman–Crippen MR) is 136 cm³/mol. The molecule has 3 fully saturated rings. The van der Waals surface area contributed by atoms with Gasteiger partial charge in [0, 0.05) is 18.2 Å². The molecule has 2 aromatic carbocycles. The summed E-state index contributed by atoms with van der Waals surface area (Å²) in [4.78, 5) is 20.2. The van der Waals surface area contributed by atoms with Gasteiger partial charge in [0.15, 0.2) is 0 Å². The number of carbonyl (C=O) groups is 1. The van der Waals surface area contributed by atoms with Gasteiger partial charge in [-0.05, 0) is 75.5 Å². The zero-order valence-electron chi connectivity index (χ0n) is 21.0. The van der Waals surface area contributed by atoms with Gasteiger partial charge in [-0.1, -0.05) is 42.5 Å². The van der Waals surface area contributed by atoms with Crippen LogP contribution in [0, 0.1) is 5.92 Å². The summed E-state index contributed by atoms with van der Waals surface area (Å²) < 4.78 is 18.3. The number of piperidine rings is 1. The van der Waals surface area contributed by atoms with E-state index in [4.69, 9.17) is 19.0 Å². The van der Waals surface area contributed by atoms with Crippen LogP contribution in [0.5, 0.6) is 0 Å². The molecular formula is C28H33BN2O4. The Morgan fingerprint density at radius 2 is 1.83 bits per heavy atom. The highest BCUT2D eigenvalue weighted by molar-refractivity contribution is 6.62. The molecule has 0 N–H and O–H groups in total. The van der Waals surface area contributed by atoms with Crippen LogP contribution in [-0.4, -0.2) is 47.1 Å². The monoisotopic (exact) mass is 472 g/mol. The zero-order valence-corrected chi connectivity index (χ0v) is 21.0. The fraction of sp³-hybridized carbons (Fsp3) is 0.500. The van der Waals surface area contributed by atoms with Crippen LogP contribution >= 0.6 is 0 Å². The number of aliphatic imine (C=N–C) groups is 1. The van der Waals surface area contributed by atoms with E-state index in [0.29, 0.717) is 12.5 Å². The first-order valence-electron chi connectivity index (χ1n) is 12.8. The molecule has 182 valence electrons. The smallest absolute Gasteiger partial charge is 0.445 e. The molecule has 4 aliphatic rings. The van der Waals surface area contributed by atoms with Crippen molar-refractivity contribution in [3.8, 4) is 0 Å². The highest BCUT2D eigenvalue weighted by atomic mass is 16.7. The number of hydrogen-bond donors (Lipinski definition) is 0. The average molecular weight is 472 g/mol. The second kappa shape index (κ2) is 8.21. The molecule has 35 heavy (non-hydrogen) atoms. The highest BCUT2D eigenvalue weighted by Crippen LogP contribution is 2.45. The second-order valence-electron chi connectivity index (χ2n) is 11.4. The third-order valence-electron chi connectivity index (χ3n) is 8.61. The highest BCUT2D eigenvalue weighted by Gasteiger charge is 2.53. The van der Waals surface area contributed by atoms with Crippen molar-refractivity contribution in [1.82, 2.24) is 4.90 Å². The maximum Gasteiger partial charge on any atom is 0.494 e. The summed E-state index contributed by atoms with van der Waals surface area (Å²) in [5, 5.41) is 0. The molecule has 1 aliphatic carbocycles. The Morgan fingerprint density at radius 1 is 1.09 bits per heavy atom. The lowest BCUT2D eigenvalue weighted by molar-refractivity contribution is 0.00578. The molecule has 0 radical (unpaired) electrons. The van der Waals surface area contributed by atoms with Crippen molar-refractivity contribution < 1.29 is 18.8 Å². The first-order valence-corrected chi connectivity index (χ1v) is 12.8. The summed E-state index contributed by atoms with van der Waals surface area (Å²) in [5.74, 6) is 0.458. The maximum absolute atomic E-state index is 13.2. The lowest BCUT2D eigenvalue weighted by atomic mass is 9.78. The maximum atomic E-state index is 13.2. The molecule has 1 amide bonds. The van der Waals surface area contributed by atoms with Crippen molar-refractivity contribution in [3.05, 3.63) is 59.7 Å². The van der Waals surface area contributed by atoms with Crippen LogP contribution in [0.2, 0.25) is 0 Å². The Hall–Kier alpha value is -2.64. The van der Waals surface area contributed by atoms with Gasteiger partial charge in [0.05, 0.1) is 22.9 Å². The standard InChI is InChI=1S/C28H33BN2O4/c1-27(2)28(3,4)35-29(34-27)21-11-13-23-20(14-21)16-24(30-23)25-19-10-12-22(15-19)31(25)26(32)33-17-18-8-6-5-7-9-18/h5-9,11,13-14,19,22,25H,10,12,15-17H2,1-4H3. The van der Waals surface area contributed by atoms with Crippen molar-refractivity contribution in [2.75, 3.05) is 0 Å². The van der Waals surface area contributed by atoms with Crippen molar-refractivity contribution in [3.63, 3.8) is 0 Å². The van der Waals surface area contributed by atoms with E-state index in [1.807, 2.05) is 35.2 Å². The van der Waals surface area contributed by atoms with Crippen molar-refractivity contribution in [2.45, 2.75) is 83.3 Å². The van der Waals surface area contributed by atoms with Gasteiger partial charge in [0.25, 0.3) is 0 Å². The number of amides is 1. The fourth-order valence-electron chi connectivity index (χ4n) is 6.02. The molecule has 2 bridgehead atoms. The van der Waals surface area contributed by atoms with Crippen LogP contribution < -0.4 is 5.46 Å². The molecule has 3 unspecified atom stereocenters. The van der Waals surface area contributed by atoms with E-state index >= 15 is 0 Å². The molecular weight excluding hydrogens is 439 g/mol. The van der Waals surface area contributed by atoms with E-state index in [1.165, 1.54) is 5.56 Å². The summed E-state index contributed by atoms with van der Waals surface area (Å²) in [7, 11) is -0.388. The second-order valence-corrected chi connectivity index (χ2v) is 11.4. The van der Waals surface area contributed by atoms with Gasteiger partial charge in [-0.2, -0.15) is 0 Å². The van der Waals surface area contributed by atoms with Gasteiger partial charge in [0.2, 0.25) is 0 Å². The number of ether oxygens (including phenoxy) is 1. The Bertz CT molecular complexity index is 1160. The van der Waals surface area contributed by atoms with E-state index < -0.39 is 0 Å². The van der Waals surface area contributed by atoms with Gasteiger partial charge in [-0.3, -0.25) is 9.89 Å². The minimum absolute atomic E-state index is 0.0183. The molecule has 0 aromatic heterocycles. The Morgan fingerprint density at radius 3 is 2.57 bits per heavy atom. The minimum Gasteiger partial charge on any atom is -0.445 e. The normalized spacial score (nSPS) is 27.8. The van der Waals surface area contributed by atoms with E-state index in [-0.39, 0.29) is 36.5 Å². The number of likely N-dealkylation sites (tertiary alicyclic amines) is 1. The SMILES string of the molecule is CC1(C)OB(c2ccc3c(c2)CC(C2C4CCC(C4)N2C(=O)OCc2ccccc2)=N3)OC1(C)C. The number of nitrogens with zero attached hydrogens (tertiary/aromatic N) is 2. The molecule has 7 heteroatoms. The van der Waals surface area contributed by atoms with Crippen LogP contribution in [0.3, 0.4) is 0 Å². The summed E-state index contributed by atoms with van der Waals surface area (Å²) in [5.41, 5.74) is 4.51. The number of rotatable bonds is 4. The first kappa shape index (κ1) is 22.8. The lowest BCUT2D eigenvalue weighted by Gasteiger charge is -2.34. The van der Waals surface area contributed by atoms with Gasteiger partial charge < -0.3 is 14.0 Å². The number of hydrogen-bond acceptors (Lipinski definition) is 5. The van der Waals surface area contributed by atoms with E-state index in [2.05, 4.69) is 45.9 Å². The van der Waals surface area contributed by atoms with Gasteiger partial charge in [0.1, 0.15) is 6.61 Å². The number of carbonyl (C=O) groups excluding carboxylic acids is 1. The van der Waals surface area contributed by atoms with Crippen molar-refractivity contribution >= 4 is 30.1 Å². The quantitative estimate of drug-likeness (QED) is 0.600. The van der Waals surface area contributed by atoms with E-state index in [9.17, 15) is 4.79 Å². The largest absolute Gasteiger partial charge is 0.494 e. The van der Waals surface area contributed by atoms with Crippen LogP contribution in [0.4, 0.5) is 10.5 Å². The molecule has 3 heterocycles. The van der Waals surface area contributed by atoms with Gasteiger partial charge in [-0.25, -0.2) is 4.79 Å². The number of fused-ring (bicyclic) bond motifs is 3. The fourth-order valence-corrected chi connectivity index (χ4v) is 6.02. The third kappa shape index (κ3) is 3.89. The van der Waals surface area contributed by atoms with E-state index in [0.717, 1.165) is 48.1 Å². The van der Waals surface area contributed by atoms with Crippen molar-refractivity contribution in [2.24, 2.45) is 10.9 Å². The Kier molecular flexibility index (Phi) is 5.35. The number of benzene rings is 2. The van der Waals surface area contributed by atoms with Gasteiger partial charge in [-0.15, -0.1) is 0 Å². The van der Waals surface area contributed by atoms with E-state index in [1.54, 1.807) is 0 Å². The molecule has 3 atom stereocenters. The molecule has 3 aliphatic heterocycles. The molecule has 0 spiro atoms. The zero-order chi connectivity index (χ0) is 24.4. The first-order chi connectivity index (χ1) is 16.7. The van der Waals surface area contributed by atoms with Gasteiger partial charge >= 0.3 is 13.2 Å².